The van der Waals surface area contributed by atoms with Gasteiger partial charge in [-0.25, -0.2) is 0 Å². The van der Waals surface area contributed by atoms with Crippen LogP contribution in [0.1, 0.15) is 37.8 Å². The van der Waals surface area contributed by atoms with Crippen molar-refractivity contribution in [1.82, 2.24) is 4.98 Å². The summed E-state index contributed by atoms with van der Waals surface area (Å²) < 4.78 is 0. The first kappa shape index (κ1) is 14.7. The predicted octanol–water partition coefficient (Wildman–Crippen LogP) is 3.26. The molecule has 2 aromatic rings. The molecule has 1 aromatic heterocycles. The molecule has 1 heterocycles. The number of benzene rings is 1. The number of carbonyl (C=O) groups is 1. The van der Waals surface area contributed by atoms with Crippen molar-refractivity contribution in [2.45, 2.75) is 38.5 Å². The van der Waals surface area contributed by atoms with Crippen molar-refractivity contribution in [1.29, 1.82) is 0 Å². The number of hydrogen-bond acceptors (Lipinski definition) is 3. The highest BCUT2D eigenvalue weighted by molar-refractivity contribution is 5.82. The van der Waals surface area contributed by atoms with Gasteiger partial charge in [0, 0.05) is 23.9 Å². The van der Waals surface area contributed by atoms with Crippen LogP contribution >= 0.6 is 0 Å². The standard InChI is InChI=1S/C17H22N2O/c18-12-6-2-1-3-8-16(20)13-15-11-10-14-7-4-5-9-17(14)19-15/h4-5,7,9-11H,1-3,6,8,12-13,18H2. The molecular formula is C17H22N2O. The third kappa shape index (κ3) is 4.42. The van der Waals surface area contributed by atoms with Crippen LogP contribution in [0.5, 0.6) is 0 Å². The number of para-hydroxylation sites is 1. The topological polar surface area (TPSA) is 56.0 Å². The van der Waals surface area contributed by atoms with Crippen LogP contribution in [0.4, 0.5) is 0 Å². The maximum Gasteiger partial charge on any atom is 0.138 e. The van der Waals surface area contributed by atoms with Gasteiger partial charge in [0.15, 0.2) is 0 Å². The summed E-state index contributed by atoms with van der Waals surface area (Å²) >= 11 is 0. The fraction of sp³-hybridized carbons (Fsp3) is 0.412. The minimum Gasteiger partial charge on any atom is -0.330 e. The average Bonchev–Trinajstić information content (AvgIpc) is 2.47. The number of nitrogens with zero attached hydrogens (tertiary/aromatic N) is 1. The molecule has 3 nitrogen and oxygen atoms in total. The van der Waals surface area contributed by atoms with E-state index in [0.29, 0.717) is 12.8 Å². The lowest BCUT2D eigenvalue weighted by molar-refractivity contribution is -0.118. The van der Waals surface area contributed by atoms with E-state index in [-0.39, 0.29) is 5.78 Å². The molecule has 0 saturated heterocycles. The Morgan fingerprint density at radius 3 is 2.65 bits per heavy atom. The molecule has 0 aliphatic heterocycles. The van der Waals surface area contributed by atoms with E-state index in [2.05, 4.69) is 4.98 Å². The molecule has 1 aromatic carbocycles. The summed E-state index contributed by atoms with van der Waals surface area (Å²) in [6, 6.07) is 12.0. The monoisotopic (exact) mass is 270 g/mol. The van der Waals surface area contributed by atoms with Gasteiger partial charge in [-0.3, -0.25) is 9.78 Å². The number of rotatable bonds is 8. The lowest BCUT2D eigenvalue weighted by Gasteiger charge is -2.03. The number of fused-ring (bicyclic) bond motifs is 1. The smallest absolute Gasteiger partial charge is 0.138 e. The highest BCUT2D eigenvalue weighted by Gasteiger charge is 2.05. The van der Waals surface area contributed by atoms with Crippen molar-refractivity contribution in [3.05, 3.63) is 42.1 Å². The Balaban J connectivity index is 1.83. The van der Waals surface area contributed by atoms with Crippen molar-refractivity contribution < 1.29 is 4.79 Å². The van der Waals surface area contributed by atoms with Crippen LogP contribution in [0, 0.1) is 0 Å². The minimum atomic E-state index is 0.278. The van der Waals surface area contributed by atoms with Crippen LogP contribution in [0.3, 0.4) is 0 Å². The molecule has 0 aliphatic rings. The van der Waals surface area contributed by atoms with Crippen molar-refractivity contribution >= 4 is 16.7 Å². The van der Waals surface area contributed by atoms with Gasteiger partial charge in [0.1, 0.15) is 5.78 Å². The Kier molecular flexibility index (Phi) is 5.69. The number of hydrogen-bond donors (Lipinski definition) is 1. The van der Waals surface area contributed by atoms with Gasteiger partial charge in [-0.2, -0.15) is 0 Å². The van der Waals surface area contributed by atoms with Gasteiger partial charge in [0.25, 0.3) is 0 Å². The first-order valence-corrected chi connectivity index (χ1v) is 7.36. The van der Waals surface area contributed by atoms with Gasteiger partial charge >= 0.3 is 0 Å². The Labute approximate surface area is 120 Å². The lowest BCUT2D eigenvalue weighted by atomic mass is 10.1. The SMILES string of the molecule is NCCCCCCC(=O)Cc1ccc2ccccc2n1. The van der Waals surface area contributed by atoms with E-state index in [1.807, 2.05) is 36.4 Å². The van der Waals surface area contributed by atoms with Crippen molar-refractivity contribution in [2.75, 3.05) is 6.54 Å². The van der Waals surface area contributed by atoms with Gasteiger partial charge in [-0.05, 0) is 31.5 Å². The number of ketones is 1. The van der Waals surface area contributed by atoms with Crippen LogP contribution in [0.15, 0.2) is 36.4 Å². The molecule has 106 valence electrons. The molecule has 0 bridgehead atoms. The van der Waals surface area contributed by atoms with Crippen LogP contribution < -0.4 is 5.73 Å². The van der Waals surface area contributed by atoms with E-state index >= 15 is 0 Å². The van der Waals surface area contributed by atoms with Gasteiger partial charge in [0.2, 0.25) is 0 Å². The van der Waals surface area contributed by atoms with E-state index in [1.165, 1.54) is 0 Å². The molecule has 0 atom stereocenters. The summed E-state index contributed by atoms with van der Waals surface area (Å²) in [7, 11) is 0. The third-order valence-electron chi connectivity index (χ3n) is 3.44. The first-order chi connectivity index (χ1) is 9.79. The number of Topliss-reactive ketones (excluding diaryl/α,β-unsaturated/α-hetero) is 1. The van der Waals surface area contributed by atoms with E-state index < -0.39 is 0 Å². The molecule has 0 fully saturated rings. The zero-order valence-electron chi connectivity index (χ0n) is 11.8. The van der Waals surface area contributed by atoms with Crippen LogP contribution in [0.2, 0.25) is 0 Å². The Hall–Kier alpha value is -1.74. The fourth-order valence-corrected chi connectivity index (χ4v) is 2.32. The minimum absolute atomic E-state index is 0.278. The summed E-state index contributed by atoms with van der Waals surface area (Å²) in [5.41, 5.74) is 7.27. The summed E-state index contributed by atoms with van der Waals surface area (Å²) in [6.07, 6.45) is 5.33. The van der Waals surface area contributed by atoms with Crippen LogP contribution in [-0.4, -0.2) is 17.3 Å². The number of nitrogens with two attached hydrogens (primary N) is 1. The fourth-order valence-electron chi connectivity index (χ4n) is 2.32. The summed E-state index contributed by atoms with van der Waals surface area (Å²) in [4.78, 5) is 16.5. The van der Waals surface area contributed by atoms with E-state index in [0.717, 1.165) is 48.8 Å². The van der Waals surface area contributed by atoms with Crippen molar-refractivity contribution in [3.63, 3.8) is 0 Å². The molecule has 0 aliphatic carbocycles. The Morgan fingerprint density at radius 1 is 1.00 bits per heavy atom. The normalized spacial score (nSPS) is 10.8. The molecule has 3 heteroatoms. The molecule has 0 spiro atoms. The molecule has 20 heavy (non-hydrogen) atoms. The average molecular weight is 270 g/mol. The number of unbranched alkanes of at least 4 members (excludes halogenated alkanes) is 3. The maximum absolute atomic E-state index is 11.9. The summed E-state index contributed by atoms with van der Waals surface area (Å²) in [5.74, 6) is 0.278. The van der Waals surface area contributed by atoms with Crippen molar-refractivity contribution in [2.24, 2.45) is 5.73 Å². The Morgan fingerprint density at radius 2 is 1.80 bits per heavy atom. The Bertz CT molecular complexity index is 566. The molecule has 2 N–H and O–H groups in total. The summed E-state index contributed by atoms with van der Waals surface area (Å²) in [6.45, 7) is 0.745. The summed E-state index contributed by atoms with van der Waals surface area (Å²) in [5, 5.41) is 1.12. The lowest BCUT2D eigenvalue weighted by Crippen LogP contribution is -2.04. The predicted molar refractivity (Wildman–Crippen MR) is 82.6 cm³/mol. The van der Waals surface area contributed by atoms with E-state index in [1.54, 1.807) is 0 Å². The molecule has 2 rings (SSSR count). The molecule has 0 radical (unpaired) electrons. The maximum atomic E-state index is 11.9. The second kappa shape index (κ2) is 7.75. The van der Waals surface area contributed by atoms with E-state index in [9.17, 15) is 4.79 Å². The van der Waals surface area contributed by atoms with Crippen LogP contribution in [-0.2, 0) is 11.2 Å². The first-order valence-electron chi connectivity index (χ1n) is 7.36. The number of pyridine rings is 1. The van der Waals surface area contributed by atoms with Gasteiger partial charge in [0.05, 0.1) is 5.52 Å². The number of carbonyl (C=O) groups excluding carboxylic acids is 1. The van der Waals surface area contributed by atoms with Gasteiger partial charge in [-0.1, -0.05) is 37.1 Å². The highest BCUT2D eigenvalue weighted by atomic mass is 16.1. The number of aromatic nitrogens is 1. The van der Waals surface area contributed by atoms with E-state index in [4.69, 9.17) is 5.73 Å². The molecule has 0 amide bonds. The molecular weight excluding hydrogens is 248 g/mol. The van der Waals surface area contributed by atoms with Gasteiger partial charge in [-0.15, -0.1) is 0 Å². The second-order valence-corrected chi connectivity index (χ2v) is 5.16. The van der Waals surface area contributed by atoms with Crippen LogP contribution in [0.25, 0.3) is 10.9 Å². The largest absolute Gasteiger partial charge is 0.330 e. The molecule has 0 saturated carbocycles. The zero-order valence-corrected chi connectivity index (χ0v) is 11.8. The third-order valence-corrected chi connectivity index (χ3v) is 3.44. The zero-order chi connectivity index (χ0) is 14.2. The second-order valence-electron chi connectivity index (χ2n) is 5.16. The van der Waals surface area contributed by atoms with Gasteiger partial charge < -0.3 is 5.73 Å². The van der Waals surface area contributed by atoms with Crippen molar-refractivity contribution in [3.8, 4) is 0 Å². The quantitative estimate of drug-likeness (QED) is 0.749. The molecule has 0 unspecified atom stereocenters. The highest BCUT2D eigenvalue weighted by Crippen LogP contribution is 2.13.